The zero-order valence-electron chi connectivity index (χ0n) is 27.1. The van der Waals surface area contributed by atoms with Crippen molar-refractivity contribution in [2.75, 3.05) is 38.6 Å². The molecule has 0 spiro atoms. The maximum absolute atomic E-state index is 14.5. The molecular weight excluding hydrogens is 571 g/mol. The molecule has 3 aliphatic carbocycles. The van der Waals surface area contributed by atoms with Gasteiger partial charge in [0.05, 0.1) is 30.4 Å². The summed E-state index contributed by atoms with van der Waals surface area (Å²) in [6.45, 7) is 12.0. The van der Waals surface area contributed by atoms with E-state index in [4.69, 9.17) is 9.73 Å². The highest BCUT2D eigenvalue weighted by molar-refractivity contribution is 5.96. The molecule has 1 amide bonds. The van der Waals surface area contributed by atoms with Gasteiger partial charge in [0.2, 0.25) is 5.91 Å². The zero-order chi connectivity index (χ0) is 31.9. The number of halogens is 1. The van der Waals surface area contributed by atoms with E-state index in [1.165, 1.54) is 30.5 Å². The fraction of sp³-hybridized carbons (Fsp3) is 0.543. The van der Waals surface area contributed by atoms with Gasteiger partial charge in [-0.05, 0) is 78.7 Å². The van der Waals surface area contributed by atoms with Crippen molar-refractivity contribution >= 4 is 28.5 Å². The van der Waals surface area contributed by atoms with Crippen molar-refractivity contribution in [2.24, 2.45) is 28.2 Å². The average Bonchev–Trinajstić information content (AvgIpc) is 3.28. The number of benzene rings is 2. The van der Waals surface area contributed by atoms with Crippen LogP contribution in [0.2, 0.25) is 0 Å². The van der Waals surface area contributed by atoms with Crippen molar-refractivity contribution in [1.29, 1.82) is 0 Å². The summed E-state index contributed by atoms with van der Waals surface area (Å²) < 4.78 is 21.1. The first-order chi connectivity index (χ1) is 21.5. The average molecular weight is 617 g/mol. The first-order valence-corrected chi connectivity index (χ1v) is 16.2. The number of ether oxygens (including phenoxy) is 1. The lowest BCUT2D eigenvalue weighted by atomic mass is 9.45. The van der Waals surface area contributed by atoms with E-state index in [1.54, 1.807) is 25.1 Å². The van der Waals surface area contributed by atoms with Gasteiger partial charge >= 0.3 is 0 Å². The molecule has 1 aliphatic heterocycles. The van der Waals surface area contributed by atoms with Crippen LogP contribution in [-0.2, 0) is 17.8 Å². The van der Waals surface area contributed by atoms with Crippen LogP contribution in [0.15, 0.2) is 52.5 Å². The second-order valence-corrected chi connectivity index (χ2v) is 13.6. The number of aromatic nitrogens is 2. The Bertz CT molecular complexity index is 1670. The molecule has 4 aliphatic rings. The Morgan fingerprint density at radius 3 is 2.60 bits per heavy atom. The number of guanidine groups is 1. The molecule has 1 aromatic heterocycles. The molecule has 3 saturated carbocycles. The largest absolute Gasteiger partial charge is 0.497 e. The minimum absolute atomic E-state index is 0.104. The van der Waals surface area contributed by atoms with Crippen molar-refractivity contribution in [3.8, 4) is 5.75 Å². The number of hydrogen-bond donors (Lipinski definition) is 1. The van der Waals surface area contributed by atoms with E-state index in [1.807, 2.05) is 17.0 Å². The van der Waals surface area contributed by atoms with Crippen molar-refractivity contribution in [1.82, 2.24) is 19.4 Å². The third-order valence-electron chi connectivity index (χ3n) is 10.8. The molecule has 240 valence electrons. The summed E-state index contributed by atoms with van der Waals surface area (Å²) >= 11 is 0. The summed E-state index contributed by atoms with van der Waals surface area (Å²) in [7, 11) is 1.50. The third-order valence-corrected chi connectivity index (χ3v) is 10.8. The van der Waals surface area contributed by atoms with E-state index < -0.39 is 0 Å². The molecule has 3 aromatic rings. The third kappa shape index (κ3) is 6.16. The van der Waals surface area contributed by atoms with Gasteiger partial charge in [-0.1, -0.05) is 26.8 Å². The Morgan fingerprint density at radius 2 is 1.89 bits per heavy atom. The second-order valence-electron chi connectivity index (χ2n) is 13.6. The van der Waals surface area contributed by atoms with Crippen molar-refractivity contribution in [3.63, 3.8) is 0 Å². The predicted molar refractivity (Wildman–Crippen MR) is 175 cm³/mol. The fourth-order valence-corrected chi connectivity index (χ4v) is 7.71. The Morgan fingerprint density at radius 1 is 1.11 bits per heavy atom. The number of hydrogen-bond acceptors (Lipinski definition) is 5. The Hall–Kier alpha value is -3.95. The number of nitrogens with zero attached hydrogens (tertiary/aromatic N) is 5. The quantitative estimate of drug-likeness (QED) is 0.303. The van der Waals surface area contributed by atoms with E-state index in [9.17, 15) is 14.0 Å². The highest BCUT2D eigenvalue weighted by atomic mass is 19.1. The summed E-state index contributed by atoms with van der Waals surface area (Å²) in [6.07, 6.45) is 5.15. The summed E-state index contributed by atoms with van der Waals surface area (Å²) in [5, 5.41) is 4.11. The monoisotopic (exact) mass is 616 g/mol. The molecule has 4 atom stereocenters. The molecule has 1 saturated heterocycles. The summed E-state index contributed by atoms with van der Waals surface area (Å²) in [5.74, 6) is 2.89. The number of fused-ring (bicyclic) bond motifs is 3. The van der Waals surface area contributed by atoms with E-state index in [-0.39, 0.29) is 23.3 Å². The van der Waals surface area contributed by atoms with Gasteiger partial charge in [0.1, 0.15) is 11.6 Å². The standard InChI is InChI=1S/C35H45FN6O3/c1-22-29-17-25(35(29,3)4)18-31(22)39-34(41-13-6-12-40(15-16-41)23(2)43)38-26-8-10-28-32(19-26)37-21-42(33(28)44)14-11-24-7-9-27(45-5)20-30(24)36/h7-10,19-22,25,29,31H,6,11-18H2,1-5H3,(H,38,39)/t22-,25-,29+,31?/m0/s1. The molecule has 4 fully saturated rings. The number of carbonyl (C=O) groups is 1. The summed E-state index contributed by atoms with van der Waals surface area (Å²) in [5.41, 5.74) is 2.13. The van der Waals surface area contributed by atoms with Gasteiger partial charge in [-0.2, -0.15) is 0 Å². The van der Waals surface area contributed by atoms with E-state index >= 15 is 0 Å². The van der Waals surface area contributed by atoms with Crippen molar-refractivity contribution in [3.05, 3.63) is 64.5 Å². The van der Waals surface area contributed by atoms with Crippen LogP contribution in [0.1, 0.15) is 52.5 Å². The van der Waals surface area contributed by atoms with Crippen LogP contribution in [0, 0.1) is 29.0 Å². The molecule has 2 heterocycles. The SMILES string of the molecule is COc1ccc(CCn2cnc3cc(NC(=NC4C[C@@H]5C[C@H]([C@@H]4C)C5(C)C)N4CCCN(C(C)=O)CC4)ccc3c2=O)c(F)c1. The molecule has 45 heavy (non-hydrogen) atoms. The fourth-order valence-electron chi connectivity index (χ4n) is 7.71. The predicted octanol–water partition coefficient (Wildman–Crippen LogP) is 5.18. The number of carbonyl (C=O) groups excluding carboxylic acids is 1. The van der Waals surface area contributed by atoms with E-state index in [2.05, 4.69) is 36.0 Å². The van der Waals surface area contributed by atoms with Gasteiger partial charge in [-0.3, -0.25) is 14.2 Å². The lowest BCUT2D eigenvalue weighted by Gasteiger charge is -2.61. The molecule has 9 nitrogen and oxygen atoms in total. The number of aryl methyl sites for hydroxylation is 2. The molecule has 2 aromatic carbocycles. The summed E-state index contributed by atoms with van der Waals surface area (Å²) in [4.78, 5) is 39.6. The molecule has 2 bridgehead atoms. The number of rotatable bonds is 6. The molecular formula is C35H45FN6O3. The van der Waals surface area contributed by atoms with Crippen LogP contribution in [0.4, 0.5) is 10.1 Å². The minimum atomic E-state index is -0.355. The number of methoxy groups -OCH3 is 1. The second kappa shape index (κ2) is 12.4. The van der Waals surface area contributed by atoms with Crippen LogP contribution in [0.25, 0.3) is 10.9 Å². The first kappa shape index (κ1) is 31.0. The van der Waals surface area contributed by atoms with E-state index in [0.29, 0.717) is 71.4 Å². The van der Waals surface area contributed by atoms with Gasteiger partial charge in [0.25, 0.3) is 5.56 Å². The number of aliphatic imine (C=N–C) groups is 1. The highest BCUT2D eigenvalue weighted by Gasteiger charge is 2.56. The Balaban J connectivity index is 1.23. The number of amides is 1. The van der Waals surface area contributed by atoms with Crippen molar-refractivity contribution in [2.45, 2.75) is 66.0 Å². The molecule has 1 N–H and O–H groups in total. The van der Waals surface area contributed by atoms with Crippen LogP contribution < -0.4 is 15.6 Å². The molecule has 1 unspecified atom stereocenters. The van der Waals surface area contributed by atoms with Gasteiger partial charge in [-0.15, -0.1) is 0 Å². The van der Waals surface area contributed by atoms with Crippen LogP contribution in [0.5, 0.6) is 5.75 Å². The van der Waals surface area contributed by atoms with Crippen LogP contribution in [-0.4, -0.2) is 70.5 Å². The maximum atomic E-state index is 14.5. The Kier molecular flexibility index (Phi) is 8.59. The van der Waals surface area contributed by atoms with E-state index in [0.717, 1.165) is 37.6 Å². The molecule has 7 rings (SSSR count). The van der Waals surface area contributed by atoms with Gasteiger partial charge in [0.15, 0.2) is 5.96 Å². The topological polar surface area (TPSA) is 92.1 Å². The lowest BCUT2D eigenvalue weighted by molar-refractivity contribution is -0.128. The number of nitrogens with one attached hydrogen (secondary N) is 1. The normalized spacial score (nSPS) is 24.6. The summed E-state index contributed by atoms with van der Waals surface area (Å²) in [6, 6.07) is 10.6. The van der Waals surface area contributed by atoms with Gasteiger partial charge < -0.3 is 19.9 Å². The maximum Gasteiger partial charge on any atom is 0.261 e. The highest BCUT2D eigenvalue weighted by Crippen LogP contribution is 2.61. The lowest BCUT2D eigenvalue weighted by Crippen LogP contribution is -2.56. The van der Waals surface area contributed by atoms with Crippen LogP contribution in [0.3, 0.4) is 0 Å². The zero-order valence-corrected chi connectivity index (χ0v) is 27.1. The first-order valence-electron chi connectivity index (χ1n) is 16.2. The molecule has 10 heteroatoms. The smallest absolute Gasteiger partial charge is 0.261 e. The van der Waals surface area contributed by atoms with Crippen molar-refractivity contribution < 1.29 is 13.9 Å². The van der Waals surface area contributed by atoms with Crippen LogP contribution >= 0.6 is 0 Å². The Labute approximate surface area is 264 Å². The minimum Gasteiger partial charge on any atom is -0.497 e. The van der Waals surface area contributed by atoms with Gasteiger partial charge in [0, 0.05) is 51.4 Å². The number of anilines is 1. The molecule has 0 radical (unpaired) electrons. The van der Waals surface area contributed by atoms with Gasteiger partial charge in [-0.25, -0.2) is 14.4 Å².